The molecule has 0 aliphatic carbocycles. The molecule has 7 nitrogen and oxygen atoms in total. The van der Waals surface area contributed by atoms with Crippen molar-refractivity contribution in [2.24, 2.45) is 0 Å². The number of nitrogens with one attached hydrogen (secondary N) is 2. The summed E-state index contributed by atoms with van der Waals surface area (Å²) < 4.78 is 5.13. The average molecular weight is 214 g/mol. The molecule has 15 heavy (non-hydrogen) atoms. The zero-order chi connectivity index (χ0) is 11.1. The maximum Gasteiger partial charge on any atom is 0.366 e. The standard InChI is InChI=1S/C8H14N4O3/c1-2-15-5-3-4-9-7-6-10-11-8(7)12(13)14/h6,9H,2-5H2,1H3,(H,10,11). The van der Waals surface area contributed by atoms with Crippen molar-refractivity contribution in [1.82, 2.24) is 10.2 Å². The van der Waals surface area contributed by atoms with Crippen LogP contribution in [0.3, 0.4) is 0 Å². The molecule has 0 unspecified atom stereocenters. The van der Waals surface area contributed by atoms with E-state index in [-0.39, 0.29) is 5.82 Å². The lowest BCUT2D eigenvalue weighted by atomic mass is 10.4. The number of hydrogen-bond donors (Lipinski definition) is 2. The Morgan fingerprint density at radius 2 is 2.53 bits per heavy atom. The Labute approximate surface area is 87.0 Å². The van der Waals surface area contributed by atoms with Crippen molar-refractivity contribution < 1.29 is 9.66 Å². The van der Waals surface area contributed by atoms with Gasteiger partial charge < -0.3 is 20.2 Å². The molecular formula is C8H14N4O3. The fourth-order valence-electron chi connectivity index (χ4n) is 1.09. The number of ether oxygens (including phenoxy) is 1. The molecule has 84 valence electrons. The Kier molecular flexibility index (Phi) is 4.55. The number of H-pyrrole nitrogens is 1. The Morgan fingerprint density at radius 3 is 3.20 bits per heavy atom. The summed E-state index contributed by atoms with van der Waals surface area (Å²) in [6, 6.07) is 0. The molecule has 0 saturated heterocycles. The number of nitrogens with zero attached hydrogens (tertiary/aromatic N) is 2. The minimum atomic E-state index is -0.502. The van der Waals surface area contributed by atoms with Gasteiger partial charge in [0, 0.05) is 19.8 Å². The summed E-state index contributed by atoms with van der Waals surface area (Å²) in [4.78, 5) is 9.99. The lowest BCUT2D eigenvalue weighted by Gasteiger charge is -2.03. The molecule has 1 aromatic heterocycles. The molecular weight excluding hydrogens is 200 g/mol. The van der Waals surface area contributed by atoms with Crippen molar-refractivity contribution in [1.29, 1.82) is 0 Å². The zero-order valence-electron chi connectivity index (χ0n) is 8.52. The number of aromatic nitrogens is 2. The van der Waals surface area contributed by atoms with E-state index >= 15 is 0 Å². The number of aromatic amines is 1. The first-order valence-corrected chi connectivity index (χ1v) is 4.75. The summed E-state index contributed by atoms with van der Waals surface area (Å²) in [5, 5.41) is 19.3. The van der Waals surface area contributed by atoms with E-state index in [0.717, 1.165) is 6.42 Å². The summed E-state index contributed by atoms with van der Waals surface area (Å²) >= 11 is 0. The fraction of sp³-hybridized carbons (Fsp3) is 0.625. The van der Waals surface area contributed by atoms with Crippen LogP contribution in [0.2, 0.25) is 0 Å². The van der Waals surface area contributed by atoms with Gasteiger partial charge >= 0.3 is 5.82 Å². The molecule has 0 aromatic carbocycles. The molecule has 0 aliphatic rings. The minimum Gasteiger partial charge on any atom is -0.382 e. The number of hydrogen-bond acceptors (Lipinski definition) is 5. The van der Waals surface area contributed by atoms with E-state index in [0.29, 0.717) is 25.4 Å². The molecule has 0 amide bonds. The zero-order valence-corrected chi connectivity index (χ0v) is 8.52. The van der Waals surface area contributed by atoms with Gasteiger partial charge in [0.2, 0.25) is 0 Å². The van der Waals surface area contributed by atoms with Crippen LogP contribution in [0.1, 0.15) is 13.3 Å². The molecule has 0 aliphatic heterocycles. The van der Waals surface area contributed by atoms with Gasteiger partial charge in [-0.25, -0.2) is 0 Å². The van der Waals surface area contributed by atoms with E-state index in [4.69, 9.17) is 4.74 Å². The third kappa shape index (κ3) is 3.55. The summed E-state index contributed by atoms with van der Waals surface area (Å²) in [6.07, 6.45) is 2.20. The summed E-state index contributed by atoms with van der Waals surface area (Å²) in [5.41, 5.74) is 0.413. The molecule has 7 heteroatoms. The van der Waals surface area contributed by atoms with Crippen LogP contribution in [0.4, 0.5) is 11.5 Å². The molecule has 2 N–H and O–H groups in total. The fourth-order valence-corrected chi connectivity index (χ4v) is 1.09. The predicted octanol–water partition coefficient (Wildman–Crippen LogP) is 1.16. The van der Waals surface area contributed by atoms with Crippen molar-refractivity contribution in [3.05, 3.63) is 16.3 Å². The van der Waals surface area contributed by atoms with E-state index in [1.54, 1.807) is 0 Å². The first-order chi connectivity index (χ1) is 7.25. The SMILES string of the molecule is CCOCCCNc1cn[nH]c1[N+](=O)[O-]. The normalized spacial score (nSPS) is 10.2. The highest BCUT2D eigenvalue weighted by atomic mass is 16.6. The van der Waals surface area contributed by atoms with Crippen molar-refractivity contribution in [2.45, 2.75) is 13.3 Å². The van der Waals surface area contributed by atoms with Gasteiger partial charge in [0.05, 0.1) is 0 Å². The lowest BCUT2D eigenvalue weighted by molar-refractivity contribution is -0.388. The van der Waals surface area contributed by atoms with Gasteiger partial charge in [0.1, 0.15) is 6.20 Å². The van der Waals surface area contributed by atoms with E-state index in [1.165, 1.54) is 6.20 Å². The van der Waals surface area contributed by atoms with Gasteiger partial charge in [0.15, 0.2) is 5.69 Å². The second-order valence-electron chi connectivity index (χ2n) is 2.87. The first-order valence-electron chi connectivity index (χ1n) is 4.75. The number of anilines is 1. The van der Waals surface area contributed by atoms with Crippen LogP contribution in [0, 0.1) is 10.1 Å². The second-order valence-corrected chi connectivity index (χ2v) is 2.87. The summed E-state index contributed by atoms with van der Waals surface area (Å²) in [7, 11) is 0. The van der Waals surface area contributed by atoms with E-state index in [1.807, 2.05) is 6.92 Å². The smallest absolute Gasteiger partial charge is 0.366 e. The van der Waals surface area contributed by atoms with Crippen LogP contribution in [-0.2, 0) is 4.74 Å². The van der Waals surface area contributed by atoms with Crippen molar-refractivity contribution in [2.75, 3.05) is 25.1 Å². The van der Waals surface area contributed by atoms with Gasteiger partial charge in [-0.1, -0.05) is 5.10 Å². The predicted molar refractivity (Wildman–Crippen MR) is 54.8 cm³/mol. The van der Waals surface area contributed by atoms with Crippen molar-refractivity contribution in [3.63, 3.8) is 0 Å². The van der Waals surface area contributed by atoms with Gasteiger partial charge in [-0.15, -0.1) is 5.10 Å². The van der Waals surface area contributed by atoms with E-state index in [2.05, 4.69) is 15.5 Å². The Balaban J connectivity index is 2.31. The molecule has 0 spiro atoms. The topological polar surface area (TPSA) is 93.1 Å². The largest absolute Gasteiger partial charge is 0.382 e. The molecule has 1 aromatic rings. The van der Waals surface area contributed by atoms with E-state index < -0.39 is 4.92 Å². The van der Waals surface area contributed by atoms with Crippen molar-refractivity contribution >= 4 is 11.5 Å². The van der Waals surface area contributed by atoms with Crippen LogP contribution in [-0.4, -0.2) is 34.9 Å². The molecule has 1 heterocycles. The Hall–Kier alpha value is -1.63. The third-order valence-corrected chi connectivity index (χ3v) is 1.79. The molecule has 0 saturated carbocycles. The maximum absolute atomic E-state index is 10.5. The van der Waals surface area contributed by atoms with E-state index in [9.17, 15) is 10.1 Å². The van der Waals surface area contributed by atoms with Crippen LogP contribution in [0.25, 0.3) is 0 Å². The summed E-state index contributed by atoms with van der Waals surface area (Å²) in [5.74, 6) is -0.105. The van der Waals surface area contributed by atoms with Crippen LogP contribution < -0.4 is 5.32 Å². The van der Waals surface area contributed by atoms with Gasteiger partial charge in [-0.05, 0) is 18.3 Å². The molecule has 0 radical (unpaired) electrons. The van der Waals surface area contributed by atoms with Gasteiger partial charge in [-0.3, -0.25) is 0 Å². The number of nitro groups is 1. The average Bonchev–Trinajstić information content (AvgIpc) is 2.66. The third-order valence-electron chi connectivity index (χ3n) is 1.79. The number of rotatable bonds is 7. The summed E-state index contributed by atoms with van der Waals surface area (Å²) in [6.45, 7) is 3.88. The molecule has 0 fully saturated rings. The van der Waals surface area contributed by atoms with Crippen LogP contribution >= 0.6 is 0 Å². The van der Waals surface area contributed by atoms with Crippen LogP contribution in [0.5, 0.6) is 0 Å². The first kappa shape index (κ1) is 11.4. The Morgan fingerprint density at radius 1 is 1.73 bits per heavy atom. The van der Waals surface area contributed by atoms with Gasteiger partial charge in [0.25, 0.3) is 0 Å². The van der Waals surface area contributed by atoms with Crippen molar-refractivity contribution in [3.8, 4) is 0 Å². The maximum atomic E-state index is 10.5. The van der Waals surface area contributed by atoms with Crippen LogP contribution in [0.15, 0.2) is 6.20 Å². The Bertz CT molecular complexity index is 313. The lowest BCUT2D eigenvalue weighted by Crippen LogP contribution is -2.06. The molecule has 0 atom stereocenters. The second kappa shape index (κ2) is 5.97. The highest BCUT2D eigenvalue weighted by Crippen LogP contribution is 2.19. The quantitative estimate of drug-likeness (QED) is 0.403. The molecule has 0 bridgehead atoms. The van der Waals surface area contributed by atoms with Gasteiger partial charge in [-0.2, -0.15) is 0 Å². The highest BCUT2D eigenvalue weighted by Gasteiger charge is 2.13. The monoisotopic (exact) mass is 214 g/mol. The minimum absolute atomic E-state index is 0.105. The molecule has 1 rings (SSSR count). The highest BCUT2D eigenvalue weighted by molar-refractivity contribution is 5.55.